The van der Waals surface area contributed by atoms with Gasteiger partial charge in [0.15, 0.2) is 11.4 Å². The van der Waals surface area contributed by atoms with Gasteiger partial charge in [0.1, 0.15) is 5.75 Å². The standard InChI is InChI=1S/C25H23NO4/c1-17-11-13-18(14-12-17)16-26-21-9-5-4-8-20(21)25(29,24(26)28)15-22(27)19-7-3-6-10-23(19)30-2/h3-14,29H,15-16H2,1-2H3/t25-/m0/s1. The molecule has 3 aromatic rings. The Hall–Kier alpha value is -3.44. The van der Waals surface area contributed by atoms with Crippen LogP contribution in [-0.2, 0) is 16.9 Å². The van der Waals surface area contributed by atoms with Gasteiger partial charge in [0.2, 0.25) is 0 Å². The highest BCUT2D eigenvalue weighted by atomic mass is 16.5. The van der Waals surface area contributed by atoms with Gasteiger partial charge < -0.3 is 14.7 Å². The summed E-state index contributed by atoms with van der Waals surface area (Å²) >= 11 is 0. The second kappa shape index (κ2) is 7.76. The van der Waals surface area contributed by atoms with E-state index in [9.17, 15) is 14.7 Å². The molecule has 0 unspecified atom stereocenters. The van der Waals surface area contributed by atoms with Gasteiger partial charge in [-0.15, -0.1) is 0 Å². The molecule has 0 saturated heterocycles. The number of Topliss-reactive ketones (excluding diaryl/α,β-unsaturated/α-hetero) is 1. The molecule has 1 amide bonds. The number of benzene rings is 3. The summed E-state index contributed by atoms with van der Waals surface area (Å²) in [5, 5.41) is 11.4. The van der Waals surface area contributed by atoms with E-state index in [4.69, 9.17) is 4.74 Å². The van der Waals surface area contributed by atoms with E-state index in [-0.39, 0.29) is 12.2 Å². The fourth-order valence-corrected chi connectivity index (χ4v) is 3.91. The van der Waals surface area contributed by atoms with E-state index in [1.54, 1.807) is 47.4 Å². The topological polar surface area (TPSA) is 66.8 Å². The van der Waals surface area contributed by atoms with Crippen molar-refractivity contribution in [3.8, 4) is 5.75 Å². The van der Waals surface area contributed by atoms with E-state index in [0.29, 0.717) is 29.1 Å². The second-order valence-electron chi connectivity index (χ2n) is 7.55. The van der Waals surface area contributed by atoms with Gasteiger partial charge in [0, 0.05) is 5.56 Å². The molecule has 1 N–H and O–H groups in total. The molecule has 1 aliphatic heterocycles. The van der Waals surface area contributed by atoms with Gasteiger partial charge in [0.05, 0.1) is 31.3 Å². The van der Waals surface area contributed by atoms with Gasteiger partial charge >= 0.3 is 0 Å². The maximum absolute atomic E-state index is 13.4. The number of fused-ring (bicyclic) bond motifs is 1. The van der Waals surface area contributed by atoms with Gasteiger partial charge in [-0.05, 0) is 30.7 Å². The summed E-state index contributed by atoms with van der Waals surface area (Å²) in [5.41, 5.74) is 1.58. The molecule has 5 heteroatoms. The number of para-hydroxylation sites is 2. The van der Waals surface area contributed by atoms with Crippen molar-refractivity contribution in [1.82, 2.24) is 0 Å². The summed E-state index contributed by atoms with van der Waals surface area (Å²) in [6.45, 7) is 2.32. The van der Waals surface area contributed by atoms with Crippen LogP contribution < -0.4 is 9.64 Å². The number of methoxy groups -OCH3 is 1. The Morgan fingerprint density at radius 1 is 1.00 bits per heavy atom. The lowest BCUT2D eigenvalue weighted by Crippen LogP contribution is -2.41. The van der Waals surface area contributed by atoms with Crippen molar-refractivity contribution < 1.29 is 19.4 Å². The highest BCUT2D eigenvalue weighted by Gasteiger charge is 2.50. The first-order valence-electron chi connectivity index (χ1n) is 9.79. The van der Waals surface area contributed by atoms with Crippen LogP contribution in [0.3, 0.4) is 0 Å². The zero-order valence-electron chi connectivity index (χ0n) is 17.0. The number of hydrogen-bond acceptors (Lipinski definition) is 4. The molecule has 1 aliphatic rings. The summed E-state index contributed by atoms with van der Waals surface area (Å²) in [7, 11) is 1.49. The van der Waals surface area contributed by atoms with Crippen molar-refractivity contribution in [2.24, 2.45) is 0 Å². The van der Waals surface area contributed by atoms with Crippen molar-refractivity contribution >= 4 is 17.4 Å². The minimum absolute atomic E-state index is 0.321. The number of anilines is 1. The highest BCUT2D eigenvalue weighted by molar-refractivity contribution is 6.11. The first-order valence-corrected chi connectivity index (χ1v) is 9.79. The average molecular weight is 401 g/mol. The number of hydrogen-bond donors (Lipinski definition) is 1. The third kappa shape index (κ3) is 3.37. The van der Waals surface area contributed by atoms with Crippen molar-refractivity contribution in [3.63, 3.8) is 0 Å². The third-order valence-corrected chi connectivity index (χ3v) is 5.52. The summed E-state index contributed by atoms with van der Waals surface area (Å²) < 4.78 is 5.27. The lowest BCUT2D eigenvalue weighted by atomic mass is 9.88. The quantitative estimate of drug-likeness (QED) is 0.634. The molecule has 30 heavy (non-hydrogen) atoms. The van der Waals surface area contributed by atoms with Crippen LogP contribution in [0, 0.1) is 6.92 Å². The van der Waals surface area contributed by atoms with Crippen LogP contribution in [0.25, 0.3) is 0 Å². The lowest BCUT2D eigenvalue weighted by molar-refractivity contribution is -0.136. The van der Waals surface area contributed by atoms with Crippen molar-refractivity contribution in [2.45, 2.75) is 25.5 Å². The summed E-state index contributed by atoms with van der Waals surface area (Å²) in [4.78, 5) is 28.0. The number of aliphatic hydroxyl groups is 1. The molecule has 0 spiro atoms. The molecule has 1 heterocycles. The third-order valence-electron chi connectivity index (χ3n) is 5.52. The molecule has 1 atom stereocenters. The number of ether oxygens (including phenoxy) is 1. The van der Waals surface area contributed by atoms with Crippen LogP contribution in [0.5, 0.6) is 5.75 Å². The fraction of sp³-hybridized carbons (Fsp3) is 0.200. The van der Waals surface area contributed by atoms with Crippen LogP contribution in [0.15, 0.2) is 72.8 Å². The Morgan fingerprint density at radius 3 is 2.40 bits per heavy atom. The molecule has 152 valence electrons. The molecule has 5 nitrogen and oxygen atoms in total. The molecular formula is C25H23NO4. The number of carbonyl (C=O) groups excluding carboxylic acids is 2. The van der Waals surface area contributed by atoms with Gasteiger partial charge in [-0.1, -0.05) is 60.2 Å². The Bertz CT molecular complexity index is 1110. The smallest absolute Gasteiger partial charge is 0.264 e. The molecule has 3 aromatic carbocycles. The first-order chi connectivity index (χ1) is 14.4. The summed E-state index contributed by atoms with van der Waals surface area (Å²) in [6.07, 6.45) is -0.354. The Morgan fingerprint density at radius 2 is 1.67 bits per heavy atom. The number of ketones is 1. The molecule has 4 rings (SSSR count). The number of nitrogens with zero attached hydrogens (tertiary/aromatic N) is 1. The van der Waals surface area contributed by atoms with Gasteiger partial charge in [-0.3, -0.25) is 9.59 Å². The SMILES string of the molecule is COc1ccccc1C(=O)C[C@@]1(O)C(=O)N(Cc2ccc(C)cc2)c2ccccc21. The van der Waals surface area contributed by atoms with Crippen LogP contribution in [0.4, 0.5) is 5.69 Å². The number of rotatable bonds is 6. The maximum atomic E-state index is 13.4. The minimum atomic E-state index is -1.92. The molecular weight excluding hydrogens is 378 g/mol. The lowest BCUT2D eigenvalue weighted by Gasteiger charge is -2.23. The molecule has 0 radical (unpaired) electrons. The van der Waals surface area contributed by atoms with Gasteiger partial charge in [-0.2, -0.15) is 0 Å². The maximum Gasteiger partial charge on any atom is 0.264 e. The van der Waals surface area contributed by atoms with E-state index >= 15 is 0 Å². The molecule has 0 bridgehead atoms. The van der Waals surface area contributed by atoms with E-state index in [2.05, 4.69) is 0 Å². The average Bonchev–Trinajstić information content (AvgIpc) is 2.97. The van der Waals surface area contributed by atoms with E-state index in [0.717, 1.165) is 11.1 Å². The van der Waals surface area contributed by atoms with Crippen LogP contribution in [0.1, 0.15) is 33.5 Å². The monoisotopic (exact) mass is 401 g/mol. The summed E-state index contributed by atoms with van der Waals surface area (Å²) in [5.74, 6) is -0.427. The molecule has 0 aromatic heterocycles. The Balaban J connectivity index is 1.68. The highest BCUT2D eigenvalue weighted by Crippen LogP contribution is 2.43. The van der Waals surface area contributed by atoms with Crippen LogP contribution >= 0.6 is 0 Å². The predicted octanol–water partition coefficient (Wildman–Crippen LogP) is 4.01. The summed E-state index contributed by atoms with van der Waals surface area (Å²) in [6, 6.07) is 21.8. The first kappa shape index (κ1) is 19.9. The largest absolute Gasteiger partial charge is 0.496 e. The molecule has 0 fully saturated rings. The van der Waals surface area contributed by atoms with Crippen molar-refractivity contribution in [3.05, 3.63) is 95.1 Å². The normalized spacial score (nSPS) is 17.7. The van der Waals surface area contributed by atoms with Gasteiger partial charge in [-0.25, -0.2) is 0 Å². The molecule has 0 saturated carbocycles. The number of aryl methyl sites for hydroxylation is 1. The zero-order chi connectivity index (χ0) is 21.3. The van der Waals surface area contributed by atoms with Crippen molar-refractivity contribution in [1.29, 1.82) is 0 Å². The Kier molecular flexibility index (Phi) is 5.14. The van der Waals surface area contributed by atoms with Crippen LogP contribution in [0.2, 0.25) is 0 Å². The van der Waals surface area contributed by atoms with Crippen LogP contribution in [-0.4, -0.2) is 23.9 Å². The van der Waals surface area contributed by atoms with Crippen molar-refractivity contribution in [2.75, 3.05) is 12.0 Å². The second-order valence-corrected chi connectivity index (χ2v) is 7.55. The molecule has 0 aliphatic carbocycles. The van der Waals surface area contributed by atoms with E-state index < -0.39 is 11.5 Å². The number of amides is 1. The predicted molar refractivity (Wildman–Crippen MR) is 115 cm³/mol. The number of carbonyl (C=O) groups is 2. The minimum Gasteiger partial charge on any atom is -0.496 e. The Labute approximate surface area is 175 Å². The van der Waals surface area contributed by atoms with E-state index in [1.807, 2.05) is 37.3 Å². The van der Waals surface area contributed by atoms with Gasteiger partial charge in [0.25, 0.3) is 5.91 Å². The van der Waals surface area contributed by atoms with E-state index in [1.165, 1.54) is 7.11 Å². The zero-order valence-corrected chi connectivity index (χ0v) is 17.0. The fourth-order valence-electron chi connectivity index (χ4n) is 3.91.